The van der Waals surface area contributed by atoms with Gasteiger partial charge in [0.1, 0.15) is 11.2 Å². The summed E-state index contributed by atoms with van der Waals surface area (Å²) in [5.74, 6) is -0.349. The highest BCUT2D eigenvalue weighted by atomic mass is 32.2. The summed E-state index contributed by atoms with van der Waals surface area (Å²) < 4.78 is 11.6. The zero-order valence-electron chi connectivity index (χ0n) is 26.0. The van der Waals surface area contributed by atoms with Crippen molar-refractivity contribution in [3.8, 4) is 0 Å². The monoisotopic (exact) mass is 608 g/mol. The minimum Gasteiger partial charge on any atom is -0.453 e. The van der Waals surface area contributed by atoms with Gasteiger partial charge in [0.25, 0.3) is 0 Å². The normalized spacial score (nSPS) is 21.1. The van der Waals surface area contributed by atoms with Gasteiger partial charge in [-0.15, -0.1) is 11.8 Å². The molecule has 2 saturated heterocycles. The van der Waals surface area contributed by atoms with Gasteiger partial charge in [0.05, 0.1) is 6.42 Å². The smallest absolute Gasteiger partial charge is 0.410 e. The Labute approximate surface area is 259 Å². The summed E-state index contributed by atoms with van der Waals surface area (Å²) in [4.78, 5) is 56.6. The number of carbonyl (C=O) groups excluding carboxylic acids is 4. The molecule has 2 atom stereocenters. The van der Waals surface area contributed by atoms with Gasteiger partial charge in [0, 0.05) is 37.5 Å². The summed E-state index contributed by atoms with van der Waals surface area (Å²) in [6, 6.07) is 17.3. The zero-order valence-corrected chi connectivity index (χ0v) is 26.8. The summed E-state index contributed by atoms with van der Waals surface area (Å²) >= 11 is 1.28. The zero-order chi connectivity index (χ0) is 31.2. The predicted molar refractivity (Wildman–Crippen MR) is 167 cm³/mol. The summed E-state index contributed by atoms with van der Waals surface area (Å²) in [6.07, 6.45) is 1.77. The lowest BCUT2D eigenvalue weighted by atomic mass is 9.81. The topological polar surface area (TPSA) is 93.2 Å². The van der Waals surface area contributed by atoms with Crippen molar-refractivity contribution in [3.63, 3.8) is 0 Å². The van der Waals surface area contributed by atoms with Crippen molar-refractivity contribution in [2.24, 2.45) is 0 Å². The maximum atomic E-state index is 13.6. The average Bonchev–Trinajstić information content (AvgIpc) is 2.97. The van der Waals surface area contributed by atoms with Gasteiger partial charge in [-0.1, -0.05) is 62.4 Å². The molecule has 2 heterocycles. The second-order valence-electron chi connectivity index (χ2n) is 12.7. The van der Waals surface area contributed by atoms with Crippen molar-refractivity contribution in [3.05, 3.63) is 65.7 Å². The Hall–Kier alpha value is -3.33. The Morgan fingerprint density at radius 1 is 0.953 bits per heavy atom. The highest BCUT2D eigenvalue weighted by Crippen LogP contribution is 2.43. The maximum Gasteiger partial charge on any atom is 0.410 e. The van der Waals surface area contributed by atoms with Crippen LogP contribution >= 0.6 is 11.8 Å². The quantitative estimate of drug-likeness (QED) is 0.187. The number of ether oxygens (including phenoxy) is 2. The van der Waals surface area contributed by atoms with Crippen LogP contribution in [0.4, 0.5) is 4.79 Å². The van der Waals surface area contributed by atoms with E-state index < -0.39 is 22.4 Å². The summed E-state index contributed by atoms with van der Waals surface area (Å²) in [5.41, 5.74) is 0.292. The second-order valence-corrected chi connectivity index (χ2v) is 13.8. The Morgan fingerprint density at radius 3 is 2.21 bits per heavy atom. The molecule has 4 rings (SSSR count). The molecule has 2 unspecified atom stereocenters. The van der Waals surface area contributed by atoms with Gasteiger partial charge in [-0.2, -0.15) is 0 Å². The van der Waals surface area contributed by atoms with Gasteiger partial charge in [-0.25, -0.2) is 4.79 Å². The lowest BCUT2D eigenvalue weighted by Crippen LogP contribution is -2.51. The van der Waals surface area contributed by atoms with Gasteiger partial charge in [-0.05, 0) is 63.1 Å². The molecule has 0 aliphatic carbocycles. The number of thioether (sulfide) groups is 1. The third kappa shape index (κ3) is 8.40. The molecule has 0 bridgehead atoms. The first-order chi connectivity index (χ1) is 20.4. The van der Waals surface area contributed by atoms with E-state index in [1.165, 1.54) is 11.8 Å². The molecule has 0 radical (unpaired) electrons. The number of cyclic esters (lactones) is 1. The average molecular weight is 609 g/mol. The van der Waals surface area contributed by atoms with Crippen LogP contribution in [0.1, 0.15) is 83.8 Å². The van der Waals surface area contributed by atoms with E-state index >= 15 is 0 Å². The fraction of sp³-hybridized carbons (Fsp3) is 0.529. The molecule has 2 aliphatic heterocycles. The number of hydrogen-bond donors (Lipinski definition) is 0. The summed E-state index contributed by atoms with van der Waals surface area (Å²) in [5, 5.41) is -0.905. The van der Waals surface area contributed by atoms with Crippen molar-refractivity contribution in [2.45, 2.75) is 94.0 Å². The number of hydrogen-bond acceptors (Lipinski definition) is 7. The largest absolute Gasteiger partial charge is 0.453 e. The van der Waals surface area contributed by atoms with Crippen LogP contribution in [0.25, 0.3) is 0 Å². The van der Waals surface area contributed by atoms with E-state index in [1.54, 1.807) is 9.80 Å². The van der Waals surface area contributed by atoms with Crippen molar-refractivity contribution >= 4 is 35.5 Å². The number of rotatable bonds is 9. The van der Waals surface area contributed by atoms with E-state index in [4.69, 9.17) is 9.47 Å². The molecule has 2 amide bonds. The van der Waals surface area contributed by atoms with E-state index in [9.17, 15) is 19.2 Å². The number of ketones is 1. The van der Waals surface area contributed by atoms with Crippen molar-refractivity contribution < 1.29 is 28.7 Å². The molecule has 43 heavy (non-hydrogen) atoms. The van der Waals surface area contributed by atoms with Crippen LogP contribution < -0.4 is 0 Å². The lowest BCUT2D eigenvalue weighted by Gasteiger charge is -2.39. The lowest BCUT2D eigenvalue weighted by molar-refractivity contribution is -0.172. The molecular weight excluding hydrogens is 564 g/mol. The van der Waals surface area contributed by atoms with E-state index in [1.807, 2.05) is 75.4 Å². The van der Waals surface area contributed by atoms with E-state index in [0.717, 1.165) is 16.0 Å². The van der Waals surface area contributed by atoms with Crippen LogP contribution in [0.15, 0.2) is 59.5 Å². The number of amides is 2. The Morgan fingerprint density at radius 2 is 1.58 bits per heavy atom. The fourth-order valence-corrected chi connectivity index (χ4v) is 6.80. The standard InChI is InChI=1S/C34H44N2O6S/c1-24(2)26-15-9-10-16-28(26)43-30-27(37)23-34(41-31(30)39,25-13-7-6-8-14-25)18-12-11-17-29(38)35-19-21-36(22-20-35)32(40)42-33(3,4)5/h6-10,13-16,24,30H,11-12,17-23H2,1-5H3. The molecule has 0 saturated carbocycles. The van der Waals surface area contributed by atoms with Crippen LogP contribution in [0, 0.1) is 0 Å². The van der Waals surface area contributed by atoms with Crippen molar-refractivity contribution in [2.75, 3.05) is 26.2 Å². The number of nitrogens with zero attached hydrogens (tertiary/aromatic N) is 2. The number of benzene rings is 2. The highest BCUT2D eigenvalue weighted by molar-refractivity contribution is 8.01. The van der Waals surface area contributed by atoms with E-state index in [0.29, 0.717) is 51.9 Å². The first kappa shape index (κ1) is 32.6. The first-order valence-corrected chi connectivity index (χ1v) is 16.1. The molecule has 2 aromatic carbocycles. The predicted octanol–water partition coefficient (Wildman–Crippen LogP) is 6.32. The molecule has 8 nitrogen and oxygen atoms in total. The maximum absolute atomic E-state index is 13.6. The van der Waals surface area contributed by atoms with Crippen LogP contribution in [0.3, 0.4) is 0 Å². The number of esters is 1. The number of piperazine rings is 1. The molecule has 2 aliphatic rings. The van der Waals surface area contributed by atoms with Crippen LogP contribution in [-0.2, 0) is 29.5 Å². The molecule has 232 valence electrons. The summed E-state index contributed by atoms with van der Waals surface area (Å²) in [7, 11) is 0. The fourth-order valence-electron chi connectivity index (χ4n) is 5.59. The van der Waals surface area contributed by atoms with Crippen LogP contribution in [0.2, 0.25) is 0 Å². The Bertz CT molecular complexity index is 1280. The van der Waals surface area contributed by atoms with E-state index in [-0.39, 0.29) is 30.1 Å². The minimum atomic E-state index is -1.05. The molecule has 9 heteroatoms. The molecular formula is C34H44N2O6S. The molecule has 0 spiro atoms. The highest BCUT2D eigenvalue weighted by Gasteiger charge is 2.48. The van der Waals surface area contributed by atoms with Gasteiger partial charge in [0.2, 0.25) is 5.91 Å². The van der Waals surface area contributed by atoms with Crippen molar-refractivity contribution in [1.29, 1.82) is 0 Å². The third-order valence-electron chi connectivity index (χ3n) is 7.85. The third-order valence-corrected chi connectivity index (χ3v) is 9.17. The second kappa shape index (κ2) is 14.0. The summed E-state index contributed by atoms with van der Waals surface area (Å²) in [6.45, 7) is 11.5. The van der Waals surface area contributed by atoms with Gasteiger partial charge >= 0.3 is 12.1 Å². The molecule has 0 aromatic heterocycles. The van der Waals surface area contributed by atoms with Crippen LogP contribution in [-0.4, -0.2) is 70.6 Å². The number of unbranched alkanes of at least 4 members (excludes halogenated alkanes) is 1. The minimum absolute atomic E-state index is 0.0367. The first-order valence-electron chi connectivity index (χ1n) is 15.2. The van der Waals surface area contributed by atoms with Gasteiger partial charge in [-0.3, -0.25) is 14.4 Å². The molecule has 0 N–H and O–H groups in total. The van der Waals surface area contributed by atoms with Gasteiger partial charge < -0.3 is 19.3 Å². The number of carbonyl (C=O) groups is 4. The van der Waals surface area contributed by atoms with E-state index in [2.05, 4.69) is 13.8 Å². The van der Waals surface area contributed by atoms with Gasteiger partial charge in [0.15, 0.2) is 11.0 Å². The SMILES string of the molecule is CC(C)c1ccccc1SC1C(=O)CC(CCCCC(=O)N2CCN(C(=O)OC(C)(C)C)CC2)(c2ccccc2)OC1=O. The molecule has 2 aromatic rings. The molecule has 2 fully saturated rings. The Kier molecular flexibility index (Phi) is 10.6. The Balaban J connectivity index is 1.34. The number of Topliss-reactive ketones (excluding diaryl/α,β-unsaturated/α-hetero) is 1. The van der Waals surface area contributed by atoms with Crippen LogP contribution in [0.5, 0.6) is 0 Å². The van der Waals surface area contributed by atoms with Crippen molar-refractivity contribution in [1.82, 2.24) is 9.80 Å².